The standard InChI is InChI=1S/C25H23ClN4O4/c1-16-11-21(7-8-22(16)26)34-20-5-3-17(4-6-20)9-10-33-25-29-15-19(23(31)30-25)12-18-13-27-24(32-2)28-14-18/h3-8,11,13-15H,9-10,12H2,1-2H3,(H,29,30,31). The van der Waals surface area contributed by atoms with E-state index in [4.69, 9.17) is 25.8 Å². The Balaban J connectivity index is 1.28. The van der Waals surface area contributed by atoms with Gasteiger partial charge in [0.15, 0.2) is 0 Å². The van der Waals surface area contributed by atoms with Crippen molar-refractivity contribution in [2.75, 3.05) is 13.7 Å². The molecule has 0 unspecified atom stereocenters. The number of hydrogen-bond acceptors (Lipinski definition) is 7. The Kier molecular flexibility index (Phi) is 7.39. The van der Waals surface area contributed by atoms with Crippen LogP contribution in [0.2, 0.25) is 5.02 Å². The zero-order chi connectivity index (χ0) is 23.9. The largest absolute Gasteiger partial charge is 0.467 e. The van der Waals surface area contributed by atoms with Gasteiger partial charge in [-0.15, -0.1) is 0 Å². The summed E-state index contributed by atoms with van der Waals surface area (Å²) in [5.74, 6) is 1.46. The van der Waals surface area contributed by atoms with E-state index in [-0.39, 0.29) is 17.6 Å². The Morgan fingerprint density at radius 3 is 2.35 bits per heavy atom. The van der Waals surface area contributed by atoms with Crippen molar-refractivity contribution in [1.29, 1.82) is 0 Å². The van der Waals surface area contributed by atoms with E-state index in [2.05, 4.69) is 19.9 Å². The van der Waals surface area contributed by atoms with Gasteiger partial charge in [-0.05, 0) is 53.9 Å². The van der Waals surface area contributed by atoms with Crippen LogP contribution in [0.4, 0.5) is 0 Å². The summed E-state index contributed by atoms with van der Waals surface area (Å²) in [5.41, 5.74) is 3.04. The quantitative estimate of drug-likeness (QED) is 0.377. The summed E-state index contributed by atoms with van der Waals surface area (Å²) >= 11 is 6.06. The number of nitrogens with zero attached hydrogens (tertiary/aromatic N) is 3. The predicted molar refractivity (Wildman–Crippen MR) is 128 cm³/mol. The maximum absolute atomic E-state index is 12.4. The van der Waals surface area contributed by atoms with Crippen LogP contribution >= 0.6 is 11.6 Å². The van der Waals surface area contributed by atoms with Crippen LogP contribution in [-0.2, 0) is 12.8 Å². The molecule has 0 saturated heterocycles. The van der Waals surface area contributed by atoms with Gasteiger partial charge in [-0.1, -0.05) is 23.7 Å². The molecule has 0 spiro atoms. The highest BCUT2D eigenvalue weighted by Gasteiger charge is 2.07. The third kappa shape index (κ3) is 6.11. The Labute approximate surface area is 201 Å². The van der Waals surface area contributed by atoms with Gasteiger partial charge in [0, 0.05) is 42.0 Å². The van der Waals surface area contributed by atoms with Gasteiger partial charge in [-0.3, -0.25) is 9.78 Å². The van der Waals surface area contributed by atoms with E-state index in [1.54, 1.807) is 12.4 Å². The van der Waals surface area contributed by atoms with E-state index in [9.17, 15) is 4.79 Å². The fraction of sp³-hybridized carbons (Fsp3) is 0.200. The first kappa shape index (κ1) is 23.3. The van der Waals surface area contributed by atoms with Crippen LogP contribution in [0.15, 0.2) is 65.8 Å². The van der Waals surface area contributed by atoms with Crippen LogP contribution in [0, 0.1) is 6.92 Å². The first-order valence-electron chi connectivity index (χ1n) is 10.6. The average Bonchev–Trinajstić information content (AvgIpc) is 2.85. The maximum atomic E-state index is 12.4. The fourth-order valence-corrected chi connectivity index (χ4v) is 3.29. The molecule has 0 bridgehead atoms. The molecule has 8 nitrogen and oxygen atoms in total. The molecular weight excluding hydrogens is 456 g/mol. The lowest BCUT2D eigenvalue weighted by atomic mass is 10.1. The van der Waals surface area contributed by atoms with Crippen LogP contribution in [-0.4, -0.2) is 33.7 Å². The highest BCUT2D eigenvalue weighted by atomic mass is 35.5. The second kappa shape index (κ2) is 10.8. The molecule has 0 radical (unpaired) electrons. The first-order valence-corrected chi connectivity index (χ1v) is 11.0. The number of hydrogen-bond donors (Lipinski definition) is 1. The molecule has 0 saturated carbocycles. The molecule has 2 aromatic heterocycles. The maximum Gasteiger partial charge on any atom is 0.316 e. The SMILES string of the molecule is COc1ncc(Cc2cnc(OCCc3ccc(Oc4ccc(Cl)c(C)c4)cc3)[nH]c2=O)cn1. The summed E-state index contributed by atoms with van der Waals surface area (Å²) in [5, 5.41) is 0.708. The molecule has 0 amide bonds. The zero-order valence-corrected chi connectivity index (χ0v) is 19.5. The second-order valence-corrected chi connectivity index (χ2v) is 7.96. The minimum Gasteiger partial charge on any atom is -0.467 e. The number of aromatic amines is 1. The number of ether oxygens (including phenoxy) is 3. The molecule has 0 aliphatic carbocycles. The van der Waals surface area contributed by atoms with Crippen molar-refractivity contribution in [3.05, 3.63) is 98.7 Å². The van der Waals surface area contributed by atoms with Gasteiger partial charge in [0.2, 0.25) is 0 Å². The molecule has 0 aliphatic rings. The number of aryl methyl sites for hydroxylation is 1. The lowest BCUT2D eigenvalue weighted by Crippen LogP contribution is -2.16. The van der Waals surface area contributed by atoms with Gasteiger partial charge in [0.25, 0.3) is 11.6 Å². The van der Waals surface area contributed by atoms with Crippen molar-refractivity contribution >= 4 is 11.6 Å². The number of halogens is 1. The van der Waals surface area contributed by atoms with Crippen LogP contribution in [0.25, 0.3) is 0 Å². The van der Waals surface area contributed by atoms with Gasteiger partial charge in [-0.2, -0.15) is 0 Å². The third-order valence-corrected chi connectivity index (χ3v) is 5.45. The Morgan fingerprint density at radius 2 is 1.68 bits per heavy atom. The Morgan fingerprint density at radius 1 is 0.941 bits per heavy atom. The molecule has 9 heteroatoms. The van der Waals surface area contributed by atoms with Gasteiger partial charge in [-0.25, -0.2) is 15.0 Å². The summed E-state index contributed by atoms with van der Waals surface area (Å²) in [6.45, 7) is 2.30. The molecule has 174 valence electrons. The van der Waals surface area contributed by atoms with Crippen molar-refractivity contribution in [2.45, 2.75) is 19.8 Å². The molecule has 4 aromatic rings. The van der Waals surface area contributed by atoms with Gasteiger partial charge in [0.05, 0.1) is 13.7 Å². The highest BCUT2D eigenvalue weighted by Crippen LogP contribution is 2.26. The van der Waals surface area contributed by atoms with Gasteiger partial charge in [0.1, 0.15) is 11.5 Å². The van der Waals surface area contributed by atoms with E-state index in [0.717, 1.165) is 28.2 Å². The monoisotopic (exact) mass is 478 g/mol. The number of benzene rings is 2. The van der Waals surface area contributed by atoms with E-state index in [1.165, 1.54) is 13.3 Å². The van der Waals surface area contributed by atoms with Crippen LogP contribution < -0.4 is 19.8 Å². The molecule has 34 heavy (non-hydrogen) atoms. The molecule has 0 fully saturated rings. The number of aromatic nitrogens is 4. The zero-order valence-electron chi connectivity index (χ0n) is 18.7. The Bertz CT molecular complexity index is 1310. The molecule has 2 heterocycles. The normalized spacial score (nSPS) is 10.7. The number of nitrogens with one attached hydrogen (secondary N) is 1. The van der Waals surface area contributed by atoms with Crippen molar-refractivity contribution in [2.24, 2.45) is 0 Å². The lowest BCUT2D eigenvalue weighted by molar-refractivity contribution is 0.295. The van der Waals surface area contributed by atoms with Crippen molar-refractivity contribution in [3.8, 4) is 23.5 Å². The summed E-state index contributed by atoms with van der Waals surface area (Å²) in [6, 6.07) is 13.7. The summed E-state index contributed by atoms with van der Waals surface area (Å²) in [7, 11) is 1.50. The molecule has 1 N–H and O–H groups in total. The lowest BCUT2D eigenvalue weighted by Gasteiger charge is -2.09. The van der Waals surface area contributed by atoms with Crippen molar-refractivity contribution in [1.82, 2.24) is 19.9 Å². The van der Waals surface area contributed by atoms with Crippen molar-refractivity contribution in [3.63, 3.8) is 0 Å². The number of rotatable bonds is 9. The average molecular weight is 479 g/mol. The third-order valence-electron chi connectivity index (χ3n) is 5.03. The Hall–Kier alpha value is -3.91. The predicted octanol–water partition coefficient (Wildman–Crippen LogP) is 4.53. The van der Waals surface area contributed by atoms with Crippen molar-refractivity contribution < 1.29 is 14.2 Å². The minimum atomic E-state index is -0.264. The van der Waals surface area contributed by atoms with Gasteiger partial charge < -0.3 is 14.2 Å². The molecule has 4 rings (SSSR count). The minimum absolute atomic E-state index is 0.179. The van der Waals surface area contributed by atoms with Crippen LogP contribution in [0.5, 0.6) is 23.5 Å². The van der Waals surface area contributed by atoms with E-state index in [0.29, 0.717) is 30.0 Å². The number of H-pyrrole nitrogens is 1. The van der Waals surface area contributed by atoms with E-state index in [1.807, 2.05) is 49.4 Å². The fourth-order valence-electron chi connectivity index (χ4n) is 3.17. The molecule has 2 aromatic carbocycles. The molecule has 0 aliphatic heterocycles. The summed E-state index contributed by atoms with van der Waals surface area (Å²) < 4.78 is 16.4. The molecular formula is C25H23ClN4O4. The van der Waals surface area contributed by atoms with Crippen LogP contribution in [0.3, 0.4) is 0 Å². The van der Waals surface area contributed by atoms with E-state index < -0.39 is 0 Å². The second-order valence-electron chi connectivity index (χ2n) is 7.55. The smallest absolute Gasteiger partial charge is 0.316 e. The van der Waals surface area contributed by atoms with Crippen LogP contribution in [0.1, 0.15) is 22.3 Å². The first-order chi connectivity index (χ1) is 16.5. The van der Waals surface area contributed by atoms with Gasteiger partial charge >= 0.3 is 6.01 Å². The topological polar surface area (TPSA) is 99.2 Å². The highest BCUT2D eigenvalue weighted by molar-refractivity contribution is 6.31. The molecule has 0 atom stereocenters. The summed E-state index contributed by atoms with van der Waals surface area (Å²) in [6.07, 6.45) is 5.74. The van der Waals surface area contributed by atoms with E-state index >= 15 is 0 Å². The number of methoxy groups -OCH3 is 1. The summed E-state index contributed by atoms with van der Waals surface area (Å²) in [4.78, 5) is 27.3.